The maximum absolute atomic E-state index is 14.1. The van der Waals surface area contributed by atoms with Crippen molar-refractivity contribution in [2.75, 3.05) is 31.1 Å². The first kappa shape index (κ1) is 26.9. The van der Waals surface area contributed by atoms with Crippen molar-refractivity contribution in [1.82, 2.24) is 4.90 Å². The van der Waals surface area contributed by atoms with Crippen molar-refractivity contribution in [2.24, 2.45) is 23.7 Å². The van der Waals surface area contributed by atoms with Crippen LogP contribution >= 0.6 is 0 Å². The third-order valence-corrected chi connectivity index (χ3v) is 9.71. The molecule has 0 aromatic heterocycles. The van der Waals surface area contributed by atoms with Gasteiger partial charge in [-0.25, -0.2) is 14.2 Å². The second-order valence-corrected chi connectivity index (χ2v) is 12.1. The van der Waals surface area contributed by atoms with E-state index in [9.17, 15) is 14.0 Å². The molecule has 1 aromatic rings. The molecule has 8 atom stereocenters. The number of rotatable bonds is 5. The number of anilines is 1. The van der Waals surface area contributed by atoms with Gasteiger partial charge >= 0.3 is 5.97 Å². The Morgan fingerprint density at radius 2 is 1.79 bits per heavy atom. The standard InChI is InChI=1S/C29H39FN2O7/c1-18-8-9-21-19(2)26(36-27-29(21)20(18)12-13-28(3,37-27)38-39-29)35-25(34)11-10-24(33)32-16-14-31(15-17-32)23-7-5-4-6-22(23)30/h4-7,18-21,26-27H,8-17H2,1-3H3/t18-,19-,20-,21-,26-,27-,28+,29-/m1/s1. The average molecular weight is 547 g/mol. The molecule has 5 heterocycles. The lowest BCUT2D eigenvalue weighted by Gasteiger charge is -2.59. The van der Waals surface area contributed by atoms with Crippen LogP contribution in [0.5, 0.6) is 0 Å². The van der Waals surface area contributed by atoms with E-state index in [1.54, 1.807) is 23.1 Å². The first-order chi connectivity index (χ1) is 18.7. The highest BCUT2D eigenvalue weighted by Gasteiger charge is 2.69. The Bertz CT molecular complexity index is 1100. The molecule has 1 amide bonds. The van der Waals surface area contributed by atoms with Gasteiger partial charge in [-0.05, 0) is 50.2 Å². The fraction of sp³-hybridized carbons (Fsp3) is 0.724. The zero-order chi connectivity index (χ0) is 27.4. The maximum atomic E-state index is 14.1. The van der Waals surface area contributed by atoms with Crippen molar-refractivity contribution in [3.8, 4) is 0 Å². The molecule has 10 heteroatoms. The van der Waals surface area contributed by atoms with Crippen molar-refractivity contribution in [3.63, 3.8) is 0 Å². The molecule has 0 radical (unpaired) electrons. The number of para-hydroxylation sites is 1. The minimum atomic E-state index is -0.893. The second kappa shape index (κ2) is 10.3. The molecular weight excluding hydrogens is 507 g/mol. The van der Waals surface area contributed by atoms with Gasteiger partial charge in [0, 0.05) is 50.9 Å². The van der Waals surface area contributed by atoms with Crippen molar-refractivity contribution < 1.29 is 38.0 Å². The number of hydrogen-bond acceptors (Lipinski definition) is 8. The summed E-state index contributed by atoms with van der Waals surface area (Å²) in [5.41, 5.74) is -0.163. The van der Waals surface area contributed by atoms with Gasteiger partial charge in [0.2, 0.25) is 18.0 Å². The summed E-state index contributed by atoms with van der Waals surface area (Å²) >= 11 is 0. The summed E-state index contributed by atoms with van der Waals surface area (Å²) in [6.45, 7) is 8.19. The van der Waals surface area contributed by atoms with E-state index in [0.29, 0.717) is 44.2 Å². The first-order valence-corrected chi connectivity index (χ1v) is 14.4. The van der Waals surface area contributed by atoms with Gasteiger partial charge in [-0.15, -0.1) is 0 Å². The Labute approximate surface area is 228 Å². The number of ether oxygens (including phenoxy) is 3. The lowest BCUT2D eigenvalue weighted by molar-refractivity contribution is -0.576. The minimum Gasteiger partial charge on any atom is -0.435 e. The molecular formula is C29H39FN2O7. The van der Waals surface area contributed by atoms with Crippen LogP contribution in [0.4, 0.5) is 10.1 Å². The quantitative estimate of drug-likeness (QED) is 0.405. The molecule has 6 aliphatic rings. The summed E-state index contributed by atoms with van der Waals surface area (Å²) in [5, 5.41) is 0. The zero-order valence-corrected chi connectivity index (χ0v) is 23.0. The van der Waals surface area contributed by atoms with Crippen LogP contribution in [0.3, 0.4) is 0 Å². The first-order valence-electron chi connectivity index (χ1n) is 14.4. The third kappa shape index (κ3) is 4.73. The Balaban J connectivity index is 1.04. The Hall–Kier alpha value is -2.27. The van der Waals surface area contributed by atoms with E-state index in [2.05, 4.69) is 6.92 Å². The van der Waals surface area contributed by atoms with Crippen LogP contribution in [0.15, 0.2) is 24.3 Å². The summed E-state index contributed by atoms with van der Waals surface area (Å²) in [6, 6.07) is 6.66. The zero-order valence-electron chi connectivity index (χ0n) is 23.0. The van der Waals surface area contributed by atoms with Gasteiger partial charge in [0.25, 0.3) is 0 Å². The smallest absolute Gasteiger partial charge is 0.308 e. The van der Waals surface area contributed by atoms with Crippen LogP contribution in [0.1, 0.15) is 59.3 Å². The molecule has 39 heavy (non-hydrogen) atoms. The van der Waals surface area contributed by atoms with Crippen molar-refractivity contribution in [3.05, 3.63) is 30.1 Å². The molecule has 0 unspecified atom stereocenters. The Morgan fingerprint density at radius 1 is 1.03 bits per heavy atom. The molecule has 1 saturated carbocycles. The van der Waals surface area contributed by atoms with Crippen molar-refractivity contribution >= 4 is 17.6 Å². The highest BCUT2D eigenvalue weighted by molar-refractivity contribution is 5.81. The topological polar surface area (TPSA) is 86.8 Å². The second-order valence-electron chi connectivity index (χ2n) is 12.1. The van der Waals surface area contributed by atoms with E-state index < -0.39 is 29.9 Å². The third-order valence-electron chi connectivity index (χ3n) is 9.71. The summed E-state index contributed by atoms with van der Waals surface area (Å²) < 4.78 is 32.6. The number of amides is 1. The molecule has 6 fully saturated rings. The minimum absolute atomic E-state index is 0.0305. The van der Waals surface area contributed by atoms with Crippen molar-refractivity contribution in [1.29, 1.82) is 0 Å². The van der Waals surface area contributed by atoms with E-state index in [1.807, 2.05) is 18.7 Å². The number of halogens is 1. The molecule has 1 aliphatic carbocycles. The summed E-state index contributed by atoms with van der Waals surface area (Å²) in [5.74, 6) is -1.10. The fourth-order valence-electron chi connectivity index (χ4n) is 7.47. The van der Waals surface area contributed by atoms with Crippen molar-refractivity contribution in [2.45, 2.75) is 83.3 Å². The highest BCUT2D eigenvalue weighted by Crippen LogP contribution is 2.60. The normalized spacial score (nSPS) is 39.6. The lowest BCUT2D eigenvalue weighted by Crippen LogP contribution is -2.70. The number of benzene rings is 1. The predicted molar refractivity (Wildman–Crippen MR) is 137 cm³/mol. The molecule has 1 aromatic carbocycles. The van der Waals surface area contributed by atoms with Gasteiger partial charge in [-0.3, -0.25) is 9.59 Å². The number of hydrogen-bond donors (Lipinski definition) is 0. The van der Waals surface area contributed by atoms with Crippen LogP contribution < -0.4 is 4.90 Å². The maximum Gasteiger partial charge on any atom is 0.308 e. The largest absolute Gasteiger partial charge is 0.435 e. The van der Waals surface area contributed by atoms with Crippen LogP contribution in [-0.2, 0) is 33.6 Å². The van der Waals surface area contributed by atoms with E-state index >= 15 is 0 Å². The number of nitrogens with zero attached hydrogens (tertiary/aromatic N) is 2. The molecule has 5 aliphatic heterocycles. The van der Waals surface area contributed by atoms with Crippen LogP contribution in [-0.4, -0.2) is 66.9 Å². The molecule has 7 rings (SSSR count). The van der Waals surface area contributed by atoms with Gasteiger partial charge in [0.1, 0.15) is 5.82 Å². The Morgan fingerprint density at radius 3 is 2.56 bits per heavy atom. The molecule has 2 bridgehead atoms. The van der Waals surface area contributed by atoms with E-state index in [0.717, 1.165) is 19.3 Å². The van der Waals surface area contributed by atoms with Gasteiger partial charge < -0.3 is 24.0 Å². The number of esters is 1. The van der Waals surface area contributed by atoms with Crippen LogP contribution in [0.2, 0.25) is 0 Å². The van der Waals surface area contributed by atoms with Crippen LogP contribution in [0, 0.1) is 29.5 Å². The van der Waals surface area contributed by atoms with Gasteiger partial charge in [0.05, 0.1) is 12.1 Å². The fourth-order valence-corrected chi connectivity index (χ4v) is 7.47. The SMILES string of the molecule is C[C@H]1[C@H](OC(=O)CCC(=O)N2CCN(c3ccccc3F)CC2)O[C@@H]2O[C@]3(C)CC[C@@H]4[C@H](C)CC[C@H]1[C@@]24OO3. The van der Waals surface area contributed by atoms with Crippen LogP contribution in [0.25, 0.3) is 0 Å². The van der Waals surface area contributed by atoms with Gasteiger partial charge in [-0.2, -0.15) is 0 Å². The van der Waals surface area contributed by atoms with E-state index in [1.165, 1.54) is 6.07 Å². The molecule has 1 spiro atoms. The molecule has 9 nitrogen and oxygen atoms in total. The van der Waals surface area contributed by atoms with E-state index in [4.69, 9.17) is 24.0 Å². The molecule has 0 N–H and O–H groups in total. The van der Waals surface area contributed by atoms with Gasteiger partial charge in [-0.1, -0.05) is 26.0 Å². The summed E-state index contributed by atoms with van der Waals surface area (Å²) in [7, 11) is 0. The van der Waals surface area contributed by atoms with E-state index in [-0.39, 0.29) is 42.3 Å². The monoisotopic (exact) mass is 546 g/mol. The number of fused-ring (bicyclic) bond motifs is 2. The highest BCUT2D eigenvalue weighted by atomic mass is 19.1. The summed E-state index contributed by atoms with van der Waals surface area (Å²) in [4.78, 5) is 41.3. The number of piperazine rings is 1. The van der Waals surface area contributed by atoms with Gasteiger partial charge in [0.15, 0.2) is 11.9 Å². The number of carbonyl (C=O) groups excluding carboxylic acids is 2. The number of carbonyl (C=O) groups is 2. The average Bonchev–Trinajstić information content (AvgIpc) is 3.16. The summed E-state index contributed by atoms with van der Waals surface area (Å²) in [6.07, 6.45) is 2.18. The molecule has 5 saturated heterocycles. The lowest BCUT2D eigenvalue weighted by atomic mass is 9.58. The molecule has 214 valence electrons. The predicted octanol–water partition coefficient (Wildman–Crippen LogP) is 4.01. The Kier molecular flexibility index (Phi) is 7.10.